The Hall–Kier alpha value is -1.23. The first-order valence-electron chi connectivity index (χ1n) is 5.91. The number of benzene rings is 1. The second-order valence-electron chi connectivity index (χ2n) is 4.02. The fraction of sp³-hybridized carbons (Fsp3) is 0.462. The highest BCUT2D eigenvalue weighted by Crippen LogP contribution is 2.18. The van der Waals surface area contributed by atoms with Crippen LogP contribution in [0.5, 0.6) is 5.75 Å². The number of amides is 1. The minimum atomic E-state index is -0.535. The molecule has 0 bridgehead atoms. The molecule has 1 rings (SSSR count). The van der Waals surface area contributed by atoms with Gasteiger partial charge in [-0.3, -0.25) is 4.79 Å². The van der Waals surface area contributed by atoms with Crippen molar-refractivity contribution in [2.75, 3.05) is 11.5 Å². The third-order valence-electron chi connectivity index (χ3n) is 2.48. The fourth-order valence-corrected chi connectivity index (χ4v) is 2.28. The normalized spacial score (nSPS) is 12.2. The van der Waals surface area contributed by atoms with Crippen molar-refractivity contribution in [3.63, 3.8) is 0 Å². The lowest BCUT2D eigenvalue weighted by Gasteiger charge is -2.14. The molecule has 0 fully saturated rings. The van der Waals surface area contributed by atoms with Gasteiger partial charge in [-0.25, -0.2) is 4.39 Å². The highest BCUT2D eigenvalue weighted by Gasteiger charge is 2.14. The van der Waals surface area contributed by atoms with Gasteiger partial charge in [-0.05, 0) is 43.0 Å². The van der Waals surface area contributed by atoms with Crippen LogP contribution in [0.15, 0.2) is 18.2 Å². The van der Waals surface area contributed by atoms with Crippen molar-refractivity contribution in [1.82, 2.24) is 5.32 Å². The quantitative estimate of drug-likeness (QED) is 0.782. The number of hydrogen-bond donors (Lipinski definition) is 2. The van der Waals surface area contributed by atoms with E-state index in [9.17, 15) is 14.3 Å². The summed E-state index contributed by atoms with van der Waals surface area (Å²) >= 11 is 1.80. The van der Waals surface area contributed by atoms with E-state index in [0.717, 1.165) is 30.1 Å². The van der Waals surface area contributed by atoms with Gasteiger partial charge in [0.2, 0.25) is 0 Å². The van der Waals surface area contributed by atoms with Crippen LogP contribution in [0.25, 0.3) is 0 Å². The maximum Gasteiger partial charge on any atom is 0.255 e. The fourth-order valence-electron chi connectivity index (χ4n) is 1.47. The second-order valence-corrected chi connectivity index (χ2v) is 5.42. The molecule has 0 spiro atoms. The van der Waals surface area contributed by atoms with Crippen molar-refractivity contribution in [2.24, 2.45) is 0 Å². The molecule has 0 aromatic heterocycles. The molecule has 0 saturated heterocycles. The SMILES string of the molecule is CCSCCC(C)NC(=O)c1cc(F)ccc1O. The van der Waals surface area contributed by atoms with Crippen LogP contribution in [-0.2, 0) is 0 Å². The first-order valence-corrected chi connectivity index (χ1v) is 7.07. The van der Waals surface area contributed by atoms with Gasteiger partial charge in [0.1, 0.15) is 11.6 Å². The predicted molar refractivity (Wildman–Crippen MR) is 72.6 cm³/mol. The summed E-state index contributed by atoms with van der Waals surface area (Å²) in [4.78, 5) is 11.8. The van der Waals surface area contributed by atoms with Crippen molar-refractivity contribution in [2.45, 2.75) is 26.3 Å². The number of nitrogens with one attached hydrogen (secondary N) is 1. The van der Waals surface area contributed by atoms with E-state index in [4.69, 9.17) is 0 Å². The van der Waals surface area contributed by atoms with Gasteiger partial charge >= 0.3 is 0 Å². The molecule has 2 N–H and O–H groups in total. The molecule has 100 valence electrons. The lowest BCUT2D eigenvalue weighted by molar-refractivity contribution is 0.0936. The van der Waals surface area contributed by atoms with Crippen molar-refractivity contribution < 1.29 is 14.3 Å². The molecule has 1 aromatic rings. The van der Waals surface area contributed by atoms with E-state index < -0.39 is 11.7 Å². The Morgan fingerprint density at radius 3 is 2.94 bits per heavy atom. The average molecular weight is 271 g/mol. The third-order valence-corrected chi connectivity index (χ3v) is 3.41. The molecule has 5 heteroatoms. The van der Waals surface area contributed by atoms with E-state index in [1.54, 1.807) is 11.8 Å². The summed E-state index contributed by atoms with van der Waals surface area (Å²) in [6, 6.07) is 3.34. The van der Waals surface area contributed by atoms with Crippen molar-refractivity contribution >= 4 is 17.7 Å². The molecule has 0 radical (unpaired) electrons. The number of phenols is 1. The van der Waals surface area contributed by atoms with E-state index in [1.807, 2.05) is 6.92 Å². The Morgan fingerprint density at radius 1 is 1.56 bits per heavy atom. The van der Waals surface area contributed by atoms with Gasteiger partial charge < -0.3 is 10.4 Å². The summed E-state index contributed by atoms with van der Waals surface area (Å²) < 4.78 is 13.0. The molecule has 0 aliphatic carbocycles. The second kappa shape index (κ2) is 7.26. The number of carbonyl (C=O) groups excluding carboxylic acids is 1. The number of halogens is 1. The van der Waals surface area contributed by atoms with Gasteiger partial charge in [0, 0.05) is 6.04 Å². The van der Waals surface area contributed by atoms with Crippen LogP contribution >= 0.6 is 11.8 Å². The van der Waals surface area contributed by atoms with Gasteiger partial charge in [-0.15, -0.1) is 0 Å². The summed E-state index contributed by atoms with van der Waals surface area (Å²) in [5, 5.41) is 12.2. The van der Waals surface area contributed by atoms with Crippen LogP contribution in [-0.4, -0.2) is 28.6 Å². The van der Waals surface area contributed by atoms with Gasteiger partial charge in [-0.1, -0.05) is 6.92 Å². The Kier molecular flexibility index (Phi) is 5.98. The standard InChI is InChI=1S/C13H18FNO2S/c1-3-18-7-6-9(2)15-13(17)11-8-10(14)4-5-12(11)16/h4-5,8-9,16H,3,6-7H2,1-2H3,(H,15,17). The van der Waals surface area contributed by atoms with E-state index >= 15 is 0 Å². The van der Waals surface area contributed by atoms with Gasteiger partial charge in [0.05, 0.1) is 5.56 Å². The Labute approximate surface area is 111 Å². The third kappa shape index (κ3) is 4.56. The molecular formula is C13H18FNO2S. The average Bonchev–Trinajstić information content (AvgIpc) is 2.32. The molecule has 0 heterocycles. The van der Waals surface area contributed by atoms with E-state index in [-0.39, 0.29) is 17.4 Å². The number of aromatic hydroxyl groups is 1. The monoisotopic (exact) mass is 271 g/mol. The molecule has 1 amide bonds. The largest absolute Gasteiger partial charge is 0.507 e. The number of carbonyl (C=O) groups is 1. The highest BCUT2D eigenvalue weighted by atomic mass is 32.2. The summed E-state index contributed by atoms with van der Waals surface area (Å²) in [5.74, 6) is 0.829. The van der Waals surface area contributed by atoms with Gasteiger partial charge in [0.15, 0.2) is 0 Å². The molecule has 3 nitrogen and oxygen atoms in total. The summed E-state index contributed by atoms with van der Waals surface area (Å²) in [6.07, 6.45) is 0.848. The molecule has 0 aliphatic heterocycles. The minimum absolute atomic E-state index is 0.000725. The van der Waals surface area contributed by atoms with Gasteiger partial charge in [-0.2, -0.15) is 11.8 Å². The summed E-state index contributed by atoms with van der Waals surface area (Å²) in [6.45, 7) is 3.98. The molecule has 0 saturated carbocycles. The van der Waals surface area contributed by atoms with Crippen LogP contribution in [0.1, 0.15) is 30.6 Å². The Morgan fingerprint density at radius 2 is 2.28 bits per heavy atom. The maximum absolute atomic E-state index is 13.0. The van der Waals surface area contributed by atoms with E-state index in [2.05, 4.69) is 12.2 Å². The zero-order chi connectivity index (χ0) is 13.5. The minimum Gasteiger partial charge on any atom is -0.507 e. The summed E-state index contributed by atoms with van der Waals surface area (Å²) in [5.41, 5.74) is -0.0232. The number of rotatable bonds is 6. The maximum atomic E-state index is 13.0. The lowest BCUT2D eigenvalue weighted by atomic mass is 10.1. The molecular weight excluding hydrogens is 253 g/mol. The smallest absolute Gasteiger partial charge is 0.255 e. The predicted octanol–water partition coefficient (Wildman–Crippen LogP) is 2.79. The number of phenolic OH excluding ortho intramolecular Hbond substituents is 1. The first kappa shape index (κ1) is 14.8. The molecule has 0 aliphatic rings. The molecule has 1 unspecified atom stereocenters. The van der Waals surface area contributed by atoms with Crippen LogP contribution in [0.2, 0.25) is 0 Å². The lowest BCUT2D eigenvalue weighted by Crippen LogP contribution is -2.33. The van der Waals surface area contributed by atoms with Crippen LogP contribution in [0, 0.1) is 5.82 Å². The van der Waals surface area contributed by atoms with Crippen molar-refractivity contribution in [1.29, 1.82) is 0 Å². The van der Waals surface area contributed by atoms with Crippen LogP contribution in [0.3, 0.4) is 0 Å². The molecule has 18 heavy (non-hydrogen) atoms. The van der Waals surface area contributed by atoms with E-state index in [0.29, 0.717) is 0 Å². The Bertz CT molecular complexity index is 412. The number of hydrogen-bond acceptors (Lipinski definition) is 3. The molecule has 1 atom stereocenters. The van der Waals surface area contributed by atoms with E-state index in [1.165, 1.54) is 6.07 Å². The topological polar surface area (TPSA) is 49.3 Å². The summed E-state index contributed by atoms with van der Waals surface area (Å²) in [7, 11) is 0. The van der Waals surface area contributed by atoms with Crippen molar-refractivity contribution in [3.05, 3.63) is 29.6 Å². The van der Waals surface area contributed by atoms with Crippen LogP contribution < -0.4 is 5.32 Å². The van der Waals surface area contributed by atoms with Crippen LogP contribution in [0.4, 0.5) is 4.39 Å². The highest BCUT2D eigenvalue weighted by molar-refractivity contribution is 7.99. The number of thioether (sulfide) groups is 1. The molecule has 1 aromatic carbocycles. The first-order chi connectivity index (χ1) is 8.54. The zero-order valence-electron chi connectivity index (χ0n) is 10.6. The zero-order valence-corrected chi connectivity index (χ0v) is 11.4. The van der Waals surface area contributed by atoms with Crippen molar-refractivity contribution in [3.8, 4) is 5.75 Å². The Balaban J connectivity index is 2.56. The van der Waals surface area contributed by atoms with Gasteiger partial charge in [0.25, 0.3) is 5.91 Å².